The second kappa shape index (κ2) is 9.93. The molecule has 1 aromatic carbocycles. The van der Waals surface area contributed by atoms with Crippen LogP contribution in [0.4, 0.5) is 0 Å². The van der Waals surface area contributed by atoms with Gasteiger partial charge in [0.05, 0.1) is 0 Å². The Morgan fingerprint density at radius 1 is 1.00 bits per heavy atom. The van der Waals surface area contributed by atoms with E-state index in [1.807, 2.05) is 11.8 Å². The molecule has 0 saturated carbocycles. The highest BCUT2D eigenvalue weighted by Crippen LogP contribution is 2.47. The second-order valence-corrected chi connectivity index (χ2v) is 9.41. The molecule has 0 fully saturated rings. The van der Waals surface area contributed by atoms with Crippen molar-refractivity contribution >= 4 is 11.8 Å². The van der Waals surface area contributed by atoms with Gasteiger partial charge in [0.1, 0.15) is 0 Å². The summed E-state index contributed by atoms with van der Waals surface area (Å²) in [4.78, 5) is 1.49. The predicted octanol–water partition coefficient (Wildman–Crippen LogP) is 5.03. The lowest BCUT2D eigenvalue weighted by atomic mass is 9.84. The maximum absolute atomic E-state index is 3.95. The first-order chi connectivity index (χ1) is 12.3. The van der Waals surface area contributed by atoms with Gasteiger partial charge in [0.15, 0.2) is 0 Å². The van der Waals surface area contributed by atoms with Crippen LogP contribution in [-0.2, 0) is 0 Å². The van der Waals surface area contributed by atoms with Crippen LogP contribution in [0.3, 0.4) is 0 Å². The van der Waals surface area contributed by atoms with Gasteiger partial charge >= 0.3 is 0 Å². The zero-order chi connectivity index (χ0) is 19.3. The standard InChI is InChI=1S/C22H37N3S/c1-8-14(2)24-25-17(5)16(4)23-22(20-12-10-9-11-13-20)21-15(3)18(6)26-19(21)7/h9-14,16-17,19,21-25H,8H2,1-7H3. The monoisotopic (exact) mass is 375 g/mol. The number of nitrogens with one attached hydrogen (secondary N) is 3. The number of allylic oxidation sites excluding steroid dienone is 1. The molecule has 26 heavy (non-hydrogen) atoms. The third-order valence-corrected chi connectivity index (χ3v) is 7.14. The van der Waals surface area contributed by atoms with Gasteiger partial charge in [-0.15, -0.1) is 11.8 Å². The van der Waals surface area contributed by atoms with Crippen molar-refractivity contribution in [3.63, 3.8) is 0 Å². The van der Waals surface area contributed by atoms with Gasteiger partial charge in [0, 0.05) is 35.3 Å². The molecule has 4 heteroatoms. The van der Waals surface area contributed by atoms with Gasteiger partial charge in [-0.3, -0.25) is 10.9 Å². The Bertz CT molecular complexity index is 586. The zero-order valence-electron chi connectivity index (χ0n) is 17.5. The van der Waals surface area contributed by atoms with E-state index in [0.29, 0.717) is 35.3 Å². The van der Waals surface area contributed by atoms with Crippen molar-refractivity contribution in [1.29, 1.82) is 0 Å². The molecule has 0 aromatic heterocycles. The first-order valence-corrected chi connectivity index (χ1v) is 10.9. The number of hydrogen-bond donors (Lipinski definition) is 3. The highest BCUT2D eigenvalue weighted by molar-refractivity contribution is 8.03. The van der Waals surface area contributed by atoms with Crippen LogP contribution in [0.2, 0.25) is 0 Å². The fourth-order valence-corrected chi connectivity index (χ4v) is 4.94. The van der Waals surface area contributed by atoms with Crippen LogP contribution in [-0.4, -0.2) is 23.4 Å². The number of rotatable bonds is 9. The van der Waals surface area contributed by atoms with E-state index in [1.54, 1.807) is 0 Å². The van der Waals surface area contributed by atoms with Crippen molar-refractivity contribution in [3.05, 3.63) is 46.4 Å². The molecule has 1 aliphatic rings. The normalized spacial score (nSPS) is 25.2. The highest BCUT2D eigenvalue weighted by atomic mass is 32.2. The third kappa shape index (κ3) is 5.35. The van der Waals surface area contributed by atoms with Crippen LogP contribution >= 0.6 is 11.8 Å². The fraction of sp³-hybridized carbons (Fsp3) is 0.636. The van der Waals surface area contributed by atoms with E-state index in [4.69, 9.17) is 0 Å². The largest absolute Gasteiger partial charge is 0.305 e. The molecule has 3 N–H and O–H groups in total. The van der Waals surface area contributed by atoms with Gasteiger partial charge in [0.2, 0.25) is 0 Å². The molecule has 6 unspecified atom stereocenters. The van der Waals surface area contributed by atoms with Crippen LogP contribution in [0.15, 0.2) is 40.8 Å². The minimum Gasteiger partial charge on any atom is -0.305 e. The molecule has 1 aliphatic heterocycles. The van der Waals surface area contributed by atoms with Crippen molar-refractivity contribution < 1.29 is 0 Å². The molecular formula is C22H37N3S. The second-order valence-electron chi connectivity index (χ2n) is 7.82. The van der Waals surface area contributed by atoms with E-state index in [1.165, 1.54) is 16.0 Å². The van der Waals surface area contributed by atoms with Gasteiger partial charge in [-0.1, -0.05) is 49.8 Å². The van der Waals surface area contributed by atoms with Gasteiger partial charge in [0.25, 0.3) is 0 Å². The molecule has 2 rings (SSSR count). The van der Waals surface area contributed by atoms with Gasteiger partial charge in [-0.05, 0) is 51.5 Å². The van der Waals surface area contributed by atoms with Crippen molar-refractivity contribution in [2.24, 2.45) is 5.92 Å². The summed E-state index contributed by atoms with van der Waals surface area (Å²) in [6.07, 6.45) is 1.12. The Kier molecular flexibility index (Phi) is 8.21. The maximum atomic E-state index is 3.95. The molecule has 0 saturated heterocycles. The zero-order valence-corrected chi connectivity index (χ0v) is 18.3. The van der Waals surface area contributed by atoms with Gasteiger partial charge in [-0.25, -0.2) is 0 Å². The summed E-state index contributed by atoms with van der Waals surface area (Å²) in [6, 6.07) is 12.4. The summed E-state index contributed by atoms with van der Waals surface area (Å²) in [7, 11) is 0. The van der Waals surface area contributed by atoms with Crippen LogP contribution in [0, 0.1) is 5.92 Å². The van der Waals surface area contributed by atoms with Crippen molar-refractivity contribution in [3.8, 4) is 0 Å². The molecule has 146 valence electrons. The van der Waals surface area contributed by atoms with E-state index in [2.05, 4.69) is 95.0 Å². The minimum atomic E-state index is 0.332. The maximum Gasteiger partial charge on any atom is 0.0399 e. The highest BCUT2D eigenvalue weighted by Gasteiger charge is 2.36. The smallest absolute Gasteiger partial charge is 0.0399 e. The van der Waals surface area contributed by atoms with Crippen LogP contribution in [0.1, 0.15) is 66.5 Å². The summed E-state index contributed by atoms with van der Waals surface area (Å²) >= 11 is 2.02. The lowest BCUT2D eigenvalue weighted by Gasteiger charge is -2.34. The minimum absolute atomic E-state index is 0.332. The molecule has 0 radical (unpaired) electrons. The summed E-state index contributed by atoms with van der Waals surface area (Å²) in [5.41, 5.74) is 9.82. The van der Waals surface area contributed by atoms with Crippen LogP contribution in [0.5, 0.6) is 0 Å². The number of hydrazine groups is 1. The summed E-state index contributed by atoms with van der Waals surface area (Å²) in [5.74, 6) is 0.527. The molecule has 0 bridgehead atoms. The Morgan fingerprint density at radius 2 is 1.65 bits per heavy atom. The topological polar surface area (TPSA) is 36.1 Å². The Balaban J connectivity index is 2.15. The van der Waals surface area contributed by atoms with Crippen LogP contribution < -0.4 is 16.2 Å². The third-order valence-electron chi connectivity index (χ3n) is 5.80. The van der Waals surface area contributed by atoms with Gasteiger partial charge < -0.3 is 5.32 Å². The Labute approximate surface area is 164 Å². The lowest BCUT2D eigenvalue weighted by Crippen LogP contribution is -2.53. The van der Waals surface area contributed by atoms with E-state index in [-0.39, 0.29) is 0 Å². The predicted molar refractivity (Wildman–Crippen MR) is 116 cm³/mol. The van der Waals surface area contributed by atoms with Crippen LogP contribution in [0.25, 0.3) is 0 Å². The fourth-order valence-electron chi connectivity index (χ4n) is 3.55. The molecule has 3 nitrogen and oxygen atoms in total. The molecule has 0 amide bonds. The lowest BCUT2D eigenvalue weighted by molar-refractivity contribution is 0.291. The van der Waals surface area contributed by atoms with E-state index < -0.39 is 0 Å². The van der Waals surface area contributed by atoms with E-state index in [9.17, 15) is 0 Å². The van der Waals surface area contributed by atoms with E-state index in [0.717, 1.165) is 6.42 Å². The first kappa shape index (κ1) is 21.5. The molecule has 1 aromatic rings. The van der Waals surface area contributed by atoms with Crippen molar-refractivity contribution in [1.82, 2.24) is 16.2 Å². The van der Waals surface area contributed by atoms with Gasteiger partial charge in [-0.2, -0.15) is 0 Å². The number of thioether (sulfide) groups is 1. The molecular weight excluding hydrogens is 338 g/mol. The number of benzene rings is 1. The van der Waals surface area contributed by atoms with Crippen molar-refractivity contribution in [2.75, 3.05) is 0 Å². The first-order valence-electron chi connectivity index (χ1n) is 10.0. The SMILES string of the molecule is CCC(C)NNC(C)C(C)NC(c1ccccc1)C1C(C)=C(C)SC1C. The van der Waals surface area contributed by atoms with Crippen molar-refractivity contribution in [2.45, 2.75) is 84.3 Å². The quantitative estimate of drug-likeness (QED) is 0.529. The average molecular weight is 376 g/mol. The summed E-state index contributed by atoms with van der Waals surface area (Å²) < 4.78 is 0. The number of hydrogen-bond acceptors (Lipinski definition) is 4. The summed E-state index contributed by atoms with van der Waals surface area (Å²) in [5, 5.41) is 4.55. The Hall–Kier alpha value is -0.810. The van der Waals surface area contributed by atoms with E-state index >= 15 is 0 Å². The molecule has 1 heterocycles. The molecule has 0 spiro atoms. The average Bonchev–Trinajstić information content (AvgIpc) is 2.89. The molecule has 0 aliphatic carbocycles. The molecule has 6 atom stereocenters. The Morgan fingerprint density at radius 3 is 2.19 bits per heavy atom. The summed E-state index contributed by atoms with van der Waals surface area (Å²) in [6.45, 7) is 15.9.